The number of hydrogen-bond acceptors (Lipinski definition) is 5. The van der Waals surface area contributed by atoms with Gasteiger partial charge in [0.25, 0.3) is 0 Å². The van der Waals surface area contributed by atoms with Gasteiger partial charge in [0.2, 0.25) is 0 Å². The van der Waals surface area contributed by atoms with Gasteiger partial charge in [-0.3, -0.25) is 0 Å². The molecule has 0 radical (unpaired) electrons. The maximum Gasteiger partial charge on any atom is 0.152 e. The Balaban J connectivity index is 2.10. The van der Waals surface area contributed by atoms with Crippen molar-refractivity contribution in [2.24, 2.45) is 0 Å². The fourth-order valence-electron chi connectivity index (χ4n) is 3.05. The predicted molar refractivity (Wildman–Crippen MR) is 107 cm³/mol. The molecule has 0 fully saturated rings. The number of fused-ring (bicyclic) bond motifs is 2. The second-order valence-electron chi connectivity index (χ2n) is 5.68. The minimum Gasteiger partial charge on any atom is -0.495 e. The SMILES string of the molecule is COc1cc(C)cc2cc(-c3c(CCl)c(Br)n4ncnc(N)c34)sc12. The first-order valence-corrected chi connectivity index (χ1v) is 9.63. The van der Waals surface area contributed by atoms with Gasteiger partial charge in [-0.1, -0.05) is 6.07 Å². The van der Waals surface area contributed by atoms with Crippen molar-refractivity contribution < 1.29 is 4.74 Å². The highest BCUT2D eigenvalue weighted by molar-refractivity contribution is 9.10. The quantitative estimate of drug-likeness (QED) is 0.457. The van der Waals surface area contributed by atoms with E-state index in [4.69, 9.17) is 22.1 Å². The predicted octanol–water partition coefficient (Wildman–Crippen LogP) is 5.01. The summed E-state index contributed by atoms with van der Waals surface area (Å²) in [6.07, 6.45) is 1.44. The minimum atomic E-state index is 0.336. The summed E-state index contributed by atoms with van der Waals surface area (Å²) < 4.78 is 9.18. The Morgan fingerprint density at radius 3 is 2.88 bits per heavy atom. The summed E-state index contributed by atoms with van der Waals surface area (Å²) in [5.74, 6) is 1.62. The Hall–Kier alpha value is -1.83. The van der Waals surface area contributed by atoms with Crippen molar-refractivity contribution in [2.45, 2.75) is 12.8 Å². The summed E-state index contributed by atoms with van der Waals surface area (Å²) in [6, 6.07) is 6.32. The summed E-state index contributed by atoms with van der Waals surface area (Å²) in [4.78, 5) is 5.20. The number of benzene rings is 1. The molecule has 25 heavy (non-hydrogen) atoms. The van der Waals surface area contributed by atoms with Crippen LogP contribution in [0.1, 0.15) is 11.1 Å². The fraction of sp³-hybridized carbons (Fsp3) is 0.176. The Kier molecular flexibility index (Phi) is 4.10. The molecule has 5 nitrogen and oxygen atoms in total. The molecule has 0 aliphatic rings. The zero-order valence-electron chi connectivity index (χ0n) is 13.5. The molecule has 3 aromatic heterocycles. The molecule has 4 aromatic rings. The van der Waals surface area contributed by atoms with Crippen molar-refractivity contribution in [2.75, 3.05) is 12.8 Å². The highest BCUT2D eigenvalue weighted by Crippen LogP contribution is 2.45. The lowest BCUT2D eigenvalue weighted by Gasteiger charge is -2.02. The molecular weight excluding hydrogens is 424 g/mol. The van der Waals surface area contributed by atoms with E-state index in [1.807, 2.05) is 6.07 Å². The first-order chi connectivity index (χ1) is 12.0. The molecule has 4 rings (SSSR count). The van der Waals surface area contributed by atoms with E-state index in [1.165, 1.54) is 6.33 Å². The molecule has 0 aliphatic carbocycles. The smallest absolute Gasteiger partial charge is 0.152 e. The average molecular weight is 438 g/mol. The van der Waals surface area contributed by atoms with Gasteiger partial charge in [-0.25, -0.2) is 9.50 Å². The number of rotatable bonds is 3. The van der Waals surface area contributed by atoms with E-state index in [9.17, 15) is 0 Å². The van der Waals surface area contributed by atoms with Crippen LogP contribution >= 0.6 is 38.9 Å². The number of thiophene rings is 1. The van der Waals surface area contributed by atoms with Crippen molar-refractivity contribution in [3.63, 3.8) is 0 Å². The maximum absolute atomic E-state index is 6.24. The van der Waals surface area contributed by atoms with Crippen LogP contribution in [0, 0.1) is 6.92 Å². The molecule has 0 unspecified atom stereocenters. The molecule has 2 N–H and O–H groups in total. The van der Waals surface area contributed by atoms with E-state index in [2.05, 4.69) is 45.1 Å². The van der Waals surface area contributed by atoms with Gasteiger partial charge in [-0.2, -0.15) is 5.10 Å². The normalized spacial score (nSPS) is 11.5. The van der Waals surface area contributed by atoms with Gasteiger partial charge in [-0.15, -0.1) is 22.9 Å². The van der Waals surface area contributed by atoms with Crippen LogP contribution in [0.4, 0.5) is 5.82 Å². The molecule has 0 bridgehead atoms. The van der Waals surface area contributed by atoms with Gasteiger partial charge in [0.15, 0.2) is 5.82 Å². The topological polar surface area (TPSA) is 65.4 Å². The van der Waals surface area contributed by atoms with Gasteiger partial charge in [0.1, 0.15) is 22.2 Å². The number of hydrogen-bond donors (Lipinski definition) is 1. The zero-order valence-corrected chi connectivity index (χ0v) is 16.7. The minimum absolute atomic E-state index is 0.336. The number of nitrogen functional groups attached to an aromatic ring is 1. The van der Waals surface area contributed by atoms with Gasteiger partial charge >= 0.3 is 0 Å². The number of anilines is 1. The van der Waals surface area contributed by atoms with Gasteiger partial charge in [-0.05, 0) is 45.9 Å². The summed E-state index contributed by atoms with van der Waals surface area (Å²) >= 11 is 11.5. The van der Waals surface area contributed by atoms with Crippen molar-refractivity contribution >= 4 is 60.3 Å². The number of aryl methyl sites for hydroxylation is 1. The van der Waals surface area contributed by atoms with Gasteiger partial charge in [0, 0.05) is 16.0 Å². The molecule has 8 heteroatoms. The van der Waals surface area contributed by atoms with Crippen molar-refractivity contribution in [3.8, 4) is 16.2 Å². The third-order valence-corrected chi connectivity index (χ3v) is 6.38. The molecule has 0 aliphatic heterocycles. The number of nitrogens with two attached hydrogens (primary N) is 1. The summed E-state index contributed by atoms with van der Waals surface area (Å²) in [7, 11) is 1.69. The number of halogens is 2. The average Bonchev–Trinajstić information content (AvgIpc) is 3.13. The Labute approximate surface area is 161 Å². The zero-order chi connectivity index (χ0) is 17.7. The molecular formula is C17H14BrClN4OS. The molecule has 0 saturated heterocycles. The van der Waals surface area contributed by atoms with E-state index in [0.717, 1.165) is 47.5 Å². The van der Waals surface area contributed by atoms with Crippen molar-refractivity contribution in [1.29, 1.82) is 0 Å². The monoisotopic (exact) mass is 436 g/mol. The van der Waals surface area contributed by atoms with Crippen LogP contribution in [0.2, 0.25) is 0 Å². The number of nitrogens with zero attached hydrogens (tertiary/aromatic N) is 3. The third-order valence-electron chi connectivity index (χ3n) is 4.12. The fourth-order valence-corrected chi connectivity index (χ4v) is 5.29. The van der Waals surface area contributed by atoms with Gasteiger partial charge < -0.3 is 10.5 Å². The molecule has 0 atom stereocenters. The van der Waals surface area contributed by atoms with E-state index in [-0.39, 0.29) is 0 Å². The van der Waals surface area contributed by atoms with E-state index >= 15 is 0 Å². The molecule has 0 spiro atoms. The number of alkyl halides is 1. The lowest BCUT2D eigenvalue weighted by Crippen LogP contribution is -1.99. The van der Waals surface area contributed by atoms with E-state index in [1.54, 1.807) is 23.0 Å². The second-order valence-corrected chi connectivity index (χ2v) is 7.75. The summed E-state index contributed by atoms with van der Waals surface area (Å²) in [5, 5.41) is 5.43. The van der Waals surface area contributed by atoms with Crippen molar-refractivity contribution in [3.05, 3.63) is 40.3 Å². The third kappa shape index (κ3) is 2.49. The number of ether oxygens (including phenoxy) is 1. The van der Waals surface area contributed by atoms with Crippen LogP contribution in [0.15, 0.2) is 29.1 Å². The highest BCUT2D eigenvalue weighted by atomic mass is 79.9. The van der Waals surface area contributed by atoms with Crippen LogP contribution in [0.5, 0.6) is 5.75 Å². The lowest BCUT2D eigenvalue weighted by molar-refractivity contribution is 0.420. The lowest BCUT2D eigenvalue weighted by atomic mass is 10.1. The van der Waals surface area contributed by atoms with Crippen LogP contribution < -0.4 is 10.5 Å². The first kappa shape index (κ1) is 16.6. The Morgan fingerprint density at radius 1 is 1.36 bits per heavy atom. The molecule has 3 heterocycles. The van der Waals surface area contributed by atoms with Crippen LogP contribution in [0.25, 0.3) is 26.0 Å². The summed E-state index contributed by atoms with van der Waals surface area (Å²) in [5.41, 5.74) is 9.96. The standard InChI is InChI=1S/C17H14BrClN4OS/c1-8-3-9-5-12(25-15(9)11(4-8)24-2)13-10(6-19)16(18)23-14(13)17(20)21-7-22-23/h3-5,7H,6H2,1-2H3,(H2,20,21,22). The van der Waals surface area contributed by atoms with Crippen LogP contribution in [-0.2, 0) is 5.88 Å². The van der Waals surface area contributed by atoms with Crippen LogP contribution in [-0.4, -0.2) is 21.7 Å². The first-order valence-electron chi connectivity index (χ1n) is 7.49. The number of methoxy groups -OCH3 is 1. The van der Waals surface area contributed by atoms with Gasteiger partial charge in [0.05, 0.1) is 17.7 Å². The molecule has 1 aromatic carbocycles. The molecule has 0 saturated carbocycles. The largest absolute Gasteiger partial charge is 0.495 e. The van der Waals surface area contributed by atoms with Crippen LogP contribution in [0.3, 0.4) is 0 Å². The Morgan fingerprint density at radius 2 is 2.16 bits per heavy atom. The summed E-state index contributed by atoms with van der Waals surface area (Å²) in [6.45, 7) is 2.06. The highest BCUT2D eigenvalue weighted by Gasteiger charge is 2.23. The molecule has 128 valence electrons. The van der Waals surface area contributed by atoms with E-state index < -0.39 is 0 Å². The van der Waals surface area contributed by atoms with E-state index in [0.29, 0.717) is 11.7 Å². The molecule has 0 amide bonds. The second kappa shape index (κ2) is 6.16. The Bertz CT molecular complexity index is 1120. The maximum atomic E-state index is 6.24. The number of aromatic nitrogens is 3. The van der Waals surface area contributed by atoms with Crippen molar-refractivity contribution in [1.82, 2.24) is 14.6 Å².